The maximum atomic E-state index is 11.7. The Morgan fingerprint density at radius 3 is 2.40 bits per heavy atom. The van der Waals surface area contributed by atoms with Gasteiger partial charge in [0.05, 0.1) is 6.10 Å². The van der Waals surface area contributed by atoms with Crippen LogP contribution in [0.5, 0.6) is 0 Å². The number of benzene rings is 1. The average Bonchev–Trinajstić information content (AvgIpc) is 2.33. The molecule has 0 saturated carbocycles. The van der Waals surface area contributed by atoms with E-state index in [1.807, 2.05) is 51.1 Å². The van der Waals surface area contributed by atoms with E-state index in [1.54, 1.807) is 6.92 Å². The van der Waals surface area contributed by atoms with Crippen molar-refractivity contribution in [2.75, 3.05) is 6.54 Å². The zero-order chi connectivity index (χ0) is 15.2. The zero-order valence-corrected chi connectivity index (χ0v) is 12.7. The van der Waals surface area contributed by atoms with Crippen molar-refractivity contribution in [2.45, 2.75) is 51.7 Å². The van der Waals surface area contributed by atoms with Crippen molar-refractivity contribution in [3.8, 4) is 0 Å². The minimum Gasteiger partial charge on any atom is -0.444 e. The van der Waals surface area contributed by atoms with Crippen LogP contribution in [0.3, 0.4) is 0 Å². The first-order valence-electron chi connectivity index (χ1n) is 6.98. The lowest BCUT2D eigenvalue weighted by atomic mass is 9.93. The monoisotopic (exact) mass is 279 g/mol. The van der Waals surface area contributed by atoms with Crippen LogP contribution in [0.4, 0.5) is 4.79 Å². The molecule has 2 atom stereocenters. The van der Waals surface area contributed by atoms with Gasteiger partial charge >= 0.3 is 6.09 Å². The molecule has 0 aliphatic carbocycles. The number of carbonyl (C=O) groups excluding carboxylic acids is 1. The summed E-state index contributed by atoms with van der Waals surface area (Å²) < 4.78 is 5.22. The summed E-state index contributed by atoms with van der Waals surface area (Å²) in [6, 6.07) is 9.87. The van der Waals surface area contributed by atoms with Crippen LogP contribution in [0.2, 0.25) is 0 Å². The fourth-order valence-corrected chi connectivity index (χ4v) is 1.99. The minimum absolute atomic E-state index is 0.0729. The molecule has 4 heteroatoms. The molecule has 0 saturated heterocycles. The average molecular weight is 279 g/mol. The summed E-state index contributed by atoms with van der Waals surface area (Å²) in [5.74, 6) is 0.0729. The van der Waals surface area contributed by atoms with E-state index in [0.717, 1.165) is 5.56 Å². The highest BCUT2D eigenvalue weighted by atomic mass is 16.6. The molecule has 1 amide bonds. The van der Waals surface area contributed by atoms with E-state index in [2.05, 4.69) is 5.32 Å². The van der Waals surface area contributed by atoms with E-state index in [0.29, 0.717) is 13.0 Å². The largest absolute Gasteiger partial charge is 0.444 e. The number of aliphatic hydroxyl groups excluding tert-OH is 1. The Bertz CT molecular complexity index is 409. The van der Waals surface area contributed by atoms with E-state index in [1.165, 1.54) is 0 Å². The number of carbonyl (C=O) groups is 1. The highest BCUT2D eigenvalue weighted by Gasteiger charge is 2.19. The van der Waals surface area contributed by atoms with Crippen molar-refractivity contribution in [3.63, 3.8) is 0 Å². The molecule has 112 valence electrons. The molecule has 0 aliphatic heterocycles. The second kappa shape index (κ2) is 7.29. The first kappa shape index (κ1) is 16.5. The second-order valence-corrected chi connectivity index (χ2v) is 6.08. The van der Waals surface area contributed by atoms with E-state index in [4.69, 9.17) is 4.74 Å². The van der Waals surface area contributed by atoms with Gasteiger partial charge in [-0.1, -0.05) is 30.3 Å². The number of amides is 1. The summed E-state index contributed by atoms with van der Waals surface area (Å²) in [5.41, 5.74) is 0.598. The van der Waals surface area contributed by atoms with Gasteiger partial charge in [-0.25, -0.2) is 4.79 Å². The molecule has 1 aromatic carbocycles. The van der Waals surface area contributed by atoms with Gasteiger partial charge in [0.1, 0.15) is 5.60 Å². The molecule has 0 heterocycles. The van der Waals surface area contributed by atoms with E-state index < -0.39 is 17.8 Å². The Hall–Kier alpha value is -1.55. The van der Waals surface area contributed by atoms with Crippen molar-refractivity contribution in [2.24, 2.45) is 0 Å². The van der Waals surface area contributed by atoms with Crippen molar-refractivity contribution < 1.29 is 14.6 Å². The minimum atomic E-state index is -0.503. The lowest BCUT2D eigenvalue weighted by Crippen LogP contribution is -2.35. The molecule has 0 unspecified atom stereocenters. The molecule has 0 aromatic heterocycles. The first-order chi connectivity index (χ1) is 9.28. The van der Waals surface area contributed by atoms with Crippen LogP contribution in [0.1, 0.15) is 45.6 Å². The molecule has 20 heavy (non-hydrogen) atoms. The van der Waals surface area contributed by atoms with Gasteiger partial charge in [0.15, 0.2) is 0 Å². The number of nitrogens with one attached hydrogen (secondary N) is 1. The third-order valence-electron chi connectivity index (χ3n) is 2.79. The van der Waals surface area contributed by atoms with E-state index in [-0.39, 0.29) is 5.92 Å². The summed E-state index contributed by atoms with van der Waals surface area (Å²) in [6.45, 7) is 7.69. The highest BCUT2D eigenvalue weighted by molar-refractivity contribution is 5.67. The van der Waals surface area contributed by atoms with Crippen LogP contribution in [0, 0.1) is 0 Å². The molecule has 0 bridgehead atoms. The molecular weight excluding hydrogens is 254 g/mol. The molecule has 4 nitrogen and oxygen atoms in total. The van der Waals surface area contributed by atoms with Gasteiger partial charge in [-0.2, -0.15) is 0 Å². The van der Waals surface area contributed by atoms with Crippen molar-refractivity contribution in [1.82, 2.24) is 5.32 Å². The third kappa shape index (κ3) is 6.57. The SMILES string of the molecule is C[C@H](O)C[C@@H](CNC(=O)OC(C)(C)C)c1ccccc1. The number of alkyl carbamates (subject to hydrolysis) is 1. The molecule has 1 aromatic rings. The number of hydrogen-bond acceptors (Lipinski definition) is 3. The van der Waals surface area contributed by atoms with Gasteiger partial charge in [-0.15, -0.1) is 0 Å². The van der Waals surface area contributed by atoms with Gasteiger partial charge in [-0.05, 0) is 39.7 Å². The topological polar surface area (TPSA) is 58.6 Å². The van der Waals surface area contributed by atoms with Crippen LogP contribution < -0.4 is 5.32 Å². The van der Waals surface area contributed by atoms with Crippen LogP contribution in [-0.2, 0) is 4.74 Å². The van der Waals surface area contributed by atoms with E-state index >= 15 is 0 Å². The number of ether oxygens (including phenoxy) is 1. The number of rotatable bonds is 5. The quantitative estimate of drug-likeness (QED) is 0.871. The van der Waals surface area contributed by atoms with Gasteiger partial charge in [0.25, 0.3) is 0 Å². The Kier molecular flexibility index (Phi) is 6.02. The molecule has 0 radical (unpaired) electrons. The predicted octanol–water partition coefficient (Wildman–Crippen LogP) is 3.07. The Morgan fingerprint density at radius 1 is 1.30 bits per heavy atom. The fraction of sp³-hybridized carbons (Fsp3) is 0.562. The van der Waals surface area contributed by atoms with Crippen LogP contribution in [-0.4, -0.2) is 29.4 Å². The van der Waals surface area contributed by atoms with Crippen molar-refractivity contribution in [3.05, 3.63) is 35.9 Å². The summed E-state index contributed by atoms with van der Waals surface area (Å²) >= 11 is 0. The summed E-state index contributed by atoms with van der Waals surface area (Å²) in [4.78, 5) is 11.7. The Labute approximate surface area is 121 Å². The van der Waals surface area contributed by atoms with Gasteiger partial charge < -0.3 is 15.2 Å². The summed E-state index contributed by atoms with van der Waals surface area (Å²) in [6.07, 6.45) is -0.246. The van der Waals surface area contributed by atoms with Crippen LogP contribution in [0.15, 0.2) is 30.3 Å². The van der Waals surface area contributed by atoms with Crippen LogP contribution >= 0.6 is 0 Å². The van der Waals surface area contributed by atoms with Gasteiger partial charge in [-0.3, -0.25) is 0 Å². The van der Waals surface area contributed by atoms with E-state index in [9.17, 15) is 9.90 Å². The third-order valence-corrected chi connectivity index (χ3v) is 2.79. The molecule has 0 spiro atoms. The molecule has 0 fully saturated rings. The summed E-state index contributed by atoms with van der Waals surface area (Å²) in [7, 11) is 0. The maximum Gasteiger partial charge on any atom is 0.407 e. The first-order valence-corrected chi connectivity index (χ1v) is 6.98. The molecule has 0 aliphatic rings. The number of hydrogen-bond donors (Lipinski definition) is 2. The second-order valence-electron chi connectivity index (χ2n) is 6.08. The van der Waals surface area contributed by atoms with Crippen molar-refractivity contribution >= 4 is 6.09 Å². The maximum absolute atomic E-state index is 11.7. The molecular formula is C16H25NO3. The lowest BCUT2D eigenvalue weighted by Gasteiger charge is -2.23. The van der Waals surface area contributed by atoms with Crippen molar-refractivity contribution in [1.29, 1.82) is 0 Å². The fourth-order valence-electron chi connectivity index (χ4n) is 1.99. The lowest BCUT2D eigenvalue weighted by molar-refractivity contribution is 0.0520. The molecule has 2 N–H and O–H groups in total. The summed E-state index contributed by atoms with van der Waals surface area (Å²) in [5, 5.41) is 12.4. The smallest absolute Gasteiger partial charge is 0.407 e. The predicted molar refractivity (Wildman–Crippen MR) is 79.7 cm³/mol. The zero-order valence-electron chi connectivity index (χ0n) is 12.7. The van der Waals surface area contributed by atoms with Gasteiger partial charge in [0.2, 0.25) is 0 Å². The number of aliphatic hydroxyl groups is 1. The Morgan fingerprint density at radius 2 is 1.90 bits per heavy atom. The van der Waals surface area contributed by atoms with Gasteiger partial charge in [0, 0.05) is 12.5 Å². The normalized spacial score (nSPS) is 14.4. The highest BCUT2D eigenvalue weighted by Crippen LogP contribution is 2.20. The Balaban J connectivity index is 2.60. The standard InChI is InChI=1S/C16H25NO3/c1-12(18)10-14(13-8-6-5-7-9-13)11-17-15(19)20-16(2,3)4/h5-9,12,14,18H,10-11H2,1-4H3,(H,17,19)/t12-,14-/m0/s1. The molecule has 1 rings (SSSR count). The van der Waals surface area contributed by atoms with Crippen LogP contribution in [0.25, 0.3) is 0 Å².